The van der Waals surface area contributed by atoms with Gasteiger partial charge in [0, 0.05) is 5.92 Å². The highest BCUT2D eigenvalue weighted by atomic mass is 16.5. The number of hydrogen-bond donors (Lipinski definition) is 0. The normalized spacial score (nSPS) is 21.4. The zero-order chi connectivity index (χ0) is 11.4. The molecular weight excluding hydrogens is 198 g/mol. The molecule has 0 N–H and O–H groups in total. The number of ether oxygens (including phenoxy) is 1. The highest BCUT2D eigenvalue weighted by molar-refractivity contribution is 5.79. The Morgan fingerprint density at radius 1 is 1.38 bits per heavy atom. The molecule has 2 rings (SSSR count). The molecule has 0 amide bonds. The second kappa shape index (κ2) is 5.15. The molecule has 86 valence electrons. The van der Waals surface area contributed by atoms with Gasteiger partial charge in [-0.3, -0.25) is 0 Å². The van der Waals surface area contributed by atoms with E-state index in [0.717, 1.165) is 25.3 Å². The van der Waals surface area contributed by atoms with Crippen molar-refractivity contribution in [1.82, 2.24) is 0 Å². The van der Waals surface area contributed by atoms with Crippen LogP contribution in [0.2, 0.25) is 0 Å². The molecule has 2 heteroatoms. The quantitative estimate of drug-likeness (QED) is 0.759. The number of nitrogens with zero attached hydrogens (tertiary/aromatic N) is 1. The molecule has 0 saturated heterocycles. The second-order valence-electron chi connectivity index (χ2n) is 4.43. The van der Waals surface area contributed by atoms with Gasteiger partial charge in [0.15, 0.2) is 5.90 Å². The maximum absolute atomic E-state index is 5.64. The lowest BCUT2D eigenvalue weighted by Gasteiger charge is -2.06. The summed E-state index contributed by atoms with van der Waals surface area (Å²) >= 11 is 0. The highest BCUT2D eigenvalue weighted by Gasteiger charge is 2.22. The van der Waals surface area contributed by atoms with Crippen molar-refractivity contribution in [2.24, 2.45) is 10.9 Å². The van der Waals surface area contributed by atoms with Gasteiger partial charge in [0.05, 0.1) is 6.04 Å². The molecule has 1 aromatic carbocycles. The summed E-state index contributed by atoms with van der Waals surface area (Å²) in [6.45, 7) is 5.08. The van der Waals surface area contributed by atoms with Crippen LogP contribution >= 0.6 is 0 Å². The van der Waals surface area contributed by atoms with Crippen molar-refractivity contribution in [2.45, 2.75) is 32.7 Å². The minimum absolute atomic E-state index is 0.311. The first-order valence-electron chi connectivity index (χ1n) is 6.04. The summed E-state index contributed by atoms with van der Waals surface area (Å²) in [6.07, 6.45) is 2.08. The van der Waals surface area contributed by atoms with Gasteiger partial charge < -0.3 is 4.74 Å². The molecule has 1 heterocycles. The summed E-state index contributed by atoms with van der Waals surface area (Å²) in [5.41, 5.74) is 1.34. The Balaban J connectivity index is 1.96. The molecule has 1 aliphatic heterocycles. The van der Waals surface area contributed by atoms with Crippen molar-refractivity contribution < 1.29 is 4.74 Å². The molecule has 1 aromatic rings. The number of hydrogen-bond acceptors (Lipinski definition) is 2. The smallest absolute Gasteiger partial charge is 0.186 e. The molecule has 0 fully saturated rings. The van der Waals surface area contributed by atoms with Crippen molar-refractivity contribution in [2.75, 3.05) is 6.61 Å². The molecular formula is C14H19NO. The van der Waals surface area contributed by atoms with E-state index in [1.807, 2.05) is 6.07 Å². The Labute approximate surface area is 97.4 Å². The van der Waals surface area contributed by atoms with Gasteiger partial charge in [-0.1, -0.05) is 44.2 Å². The van der Waals surface area contributed by atoms with Crippen LogP contribution in [0.1, 0.15) is 25.8 Å². The predicted molar refractivity (Wildman–Crippen MR) is 66.8 cm³/mol. The summed E-state index contributed by atoms with van der Waals surface area (Å²) in [7, 11) is 0. The topological polar surface area (TPSA) is 21.6 Å². The Kier molecular flexibility index (Phi) is 3.60. The van der Waals surface area contributed by atoms with Gasteiger partial charge in [-0.15, -0.1) is 0 Å². The zero-order valence-corrected chi connectivity index (χ0v) is 10.0. The fourth-order valence-corrected chi connectivity index (χ4v) is 1.87. The molecule has 0 aromatic heterocycles. The first-order valence-corrected chi connectivity index (χ1v) is 6.04. The SMILES string of the molecule is CCC(C)C1=NC(Cc2ccccc2)CO1. The van der Waals surface area contributed by atoms with E-state index in [1.54, 1.807) is 0 Å². The fraction of sp³-hybridized carbons (Fsp3) is 0.500. The molecule has 2 atom stereocenters. The number of benzene rings is 1. The van der Waals surface area contributed by atoms with Crippen LogP contribution in [0, 0.1) is 5.92 Å². The van der Waals surface area contributed by atoms with Gasteiger partial charge >= 0.3 is 0 Å². The van der Waals surface area contributed by atoms with Crippen LogP contribution in [-0.4, -0.2) is 18.5 Å². The summed E-state index contributed by atoms with van der Waals surface area (Å²) in [5, 5.41) is 0. The van der Waals surface area contributed by atoms with Crippen LogP contribution in [0.15, 0.2) is 35.3 Å². The minimum Gasteiger partial charge on any atom is -0.478 e. The van der Waals surface area contributed by atoms with Gasteiger partial charge in [0.1, 0.15) is 6.61 Å². The zero-order valence-electron chi connectivity index (χ0n) is 10.0. The van der Waals surface area contributed by atoms with Crippen LogP contribution < -0.4 is 0 Å². The Morgan fingerprint density at radius 2 is 2.12 bits per heavy atom. The van der Waals surface area contributed by atoms with Gasteiger partial charge in [-0.2, -0.15) is 0 Å². The predicted octanol–water partition coefficient (Wildman–Crippen LogP) is 3.07. The summed E-state index contributed by atoms with van der Waals surface area (Å²) < 4.78 is 5.64. The van der Waals surface area contributed by atoms with Crippen molar-refractivity contribution >= 4 is 5.90 Å². The van der Waals surface area contributed by atoms with Crippen molar-refractivity contribution in [3.8, 4) is 0 Å². The fourth-order valence-electron chi connectivity index (χ4n) is 1.87. The monoisotopic (exact) mass is 217 g/mol. The first-order chi connectivity index (χ1) is 7.79. The molecule has 2 nitrogen and oxygen atoms in total. The summed E-state index contributed by atoms with van der Waals surface area (Å²) in [5.74, 6) is 1.41. The number of rotatable bonds is 4. The molecule has 0 spiro atoms. The van der Waals surface area contributed by atoms with Gasteiger partial charge in [-0.05, 0) is 18.4 Å². The van der Waals surface area contributed by atoms with Gasteiger partial charge in [0.2, 0.25) is 0 Å². The summed E-state index contributed by atoms with van der Waals surface area (Å²) in [6, 6.07) is 10.8. The third-order valence-corrected chi connectivity index (χ3v) is 3.08. The van der Waals surface area contributed by atoms with E-state index in [4.69, 9.17) is 4.74 Å². The van der Waals surface area contributed by atoms with E-state index in [9.17, 15) is 0 Å². The van der Waals surface area contributed by atoms with Crippen LogP contribution in [-0.2, 0) is 11.2 Å². The number of aliphatic imine (C=N–C) groups is 1. The highest BCUT2D eigenvalue weighted by Crippen LogP contribution is 2.16. The van der Waals surface area contributed by atoms with E-state index >= 15 is 0 Å². The second-order valence-corrected chi connectivity index (χ2v) is 4.43. The Bertz CT molecular complexity index is 358. The largest absolute Gasteiger partial charge is 0.478 e. The first kappa shape index (κ1) is 11.2. The van der Waals surface area contributed by atoms with Crippen LogP contribution in [0.3, 0.4) is 0 Å². The standard InChI is InChI=1S/C14H19NO/c1-3-11(2)14-15-13(10-16-14)9-12-7-5-4-6-8-12/h4-8,11,13H,3,9-10H2,1-2H3. The third-order valence-electron chi connectivity index (χ3n) is 3.08. The lowest BCUT2D eigenvalue weighted by molar-refractivity contribution is 0.298. The van der Waals surface area contributed by atoms with E-state index in [1.165, 1.54) is 5.56 Å². The molecule has 2 unspecified atom stereocenters. The average Bonchev–Trinajstić information content (AvgIpc) is 2.78. The van der Waals surface area contributed by atoms with Crippen molar-refractivity contribution in [3.05, 3.63) is 35.9 Å². The molecule has 1 aliphatic rings. The molecule has 16 heavy (non-hydrogen) atoms. The van der Waals surface area contributed by atoms with E-state index in [2.05, 4.69) is 43.1 Å². The van der Waals surface area contributed by atoms with E-state index in [-0.39, 0.29) is 0 Å². The molecule has 0 saturated carbocycles. The minimum atomic E-state index is 0.311. The maximum Gasteiger partial charge on any atom is 0.186 e. The van der Waals surface area contributed by atoms with E-state index < -0.39 is 0 Å². The van der Waals surface area contributed by atoms with Crippen LogP contribution in [0.4, 0.5) is 0 Å². The molecule has 0 bridgehead atoms. The Hall–Kier alpha value is -1.31. The lowest BCUT2D eigenvalue weighted by atomic mass is 10.1. The molecule has 0 aliphatic carbocycles. The average molecular weight is 217 g/mol. The maximum atomic E-state index is 5.64. The summed E-state index contributed by atoms with van der Waals surface area (Å²) in [4.78, 5) is 4.65. The van der Waals surface area contributed by atoms with Gasteiger partial charge in [0.25, 0.3) is 0 Å². The van der Waals surface area contributed by atoms with Crippen molar-refractivity contribution in [1.29, 1.82) is 0 Å². The van der Waals surface area contributed by atoms with Gasteiger partial charge in [-0.25, -0.2) is 4.99 Å². The molecule has 0 radical (unpaired) electrons. The third kappa shape index (κ3) is 2.63. The van der Waals surface area contributed by atoms with Crippen LogP contribution in [0.25, 0.3) is 0 Å². The lowest BCUT2D eigenvalue weighted by Crippen LogP contribution is -2.10. The van der Waals surface area contributed by atoms with Crippen molar-refractivity contribution in [3.63, 3.8) is 0 Å². The van der Waals surface area contributed by atoms with Crippen LogP contribution in [0.5, 0.6) is 0 Å². The van der Waals surface area contributed by atoms with E-state index in [0.29, 0.717) is 12.0 Å². The Morgan fingerprint density at radius 3 is 2.81 bits per heavy atom.